The van der Waals surface area contributed by atoms with Gasteiger partial charge >= 0.3 is 0 Å². The van der Waals surface area contributed by atoms with Gasteiger partial charge in [0.2, 0.25) is 5.91 Å². The summed E-state index contributed by atoms with van der Waals surface area (Å²) in [6.45, 7) is 3.74. The van der Waals surface area contributed by atoms with E-state index in [1.807, 2.05) is 24.3 Å². The molecule has 100 valence electrons. The molecule has 0 radical (unpaired) electrons. The fraction of sp³-hybridized carbons (Fsp3) is 0.500. The van der Waals surface area contributed by atoms with Crippen LogP contribution in [0.4, 0.5) is 5.69 Å². The van der Waals surface area contributed by atoms with Gasteiger partial charge in [-0.3, -0.25) is 4.79 Å². The first-order valence-corrected chi connectivity index (χ1v) is 6.34. The van der Waals surface area contributed by atoms with E-state index in [-0.39, 0.29) is 5.91 Å². The van der Waals surface area contributed by atoms with Crippen LogP contribution in [0.2, 0.25) is 0 Å². The van der Waals surface area contributed by atoms with Crippen molar-refractivity contribution in [2.75, 3.05) is 25.5 Å². The predicted molar refractivity (Wildman–Crippen MR) is 73.6 cm³/mol. The fourth-order valence-corrected chi connectivity index (χ4v) is 1.59. The highest BCUT2D eigenvalue weighted by molar-refractivity contribution is 5.80. The van der Waals surface area contributed by atoms with Crippen molar-refractivity contribution in [3.8, 4) is 0 Å². The average molecular weight is 250 g/mol. The number of unbranched alkanes of at least 4 members (excludes halogenated alkanes) is 1. The largest absolute Gasteiger partial charge is 0.380 e. The summed E-state index contributed by atoms with van der Waals surface area (Å²) in [5.74, 6) is 0.0283. The van der Waals surface area contributed by atoms with Gasteiger partial charge in [-0.1, -0.05) is 25.5 Å². The maximum absolute atomic E-state index is 11.5. The Labute approximate surface area is 109 Å². The van der Waals surface area contributed by atoms with Gasteiger partial charge in [-0.15, -0.1) is 0 Å². The molecular formula is C14H22N2O2. The monoisotopic (exact) mass is 250 g/mol. The van der Waals surface area contributed by atoms with Crippen molar-refractivity contribution < 1.29 is 9.53 Å². The molecule has 0 aliphatic carbocycles. The van der Waals surface area contributed by atoms with Crippen LogP contribution in [0.25, 0.3) is 0 Å². The summed E-state index contributed by atoms with van der Waals surface area (Å²) in [5, 5.41) is 5.97. The zero-order valence-electron chi connectivity index (χ0n) is 11.2. The lowest BCUT2D eigenvalue weighted by Gasteiger charge is -2.08. The van der Waals surface area contributed by atoms with E-state index in [1.54, 1.807) is 7.11 Å². The van der Waals surface area contributed by atoms with Gasteiger partial charge in [0.25, 0.3) is 0 Å². The summed E-state index contributed by atoms with van der Waals surface area (Å²) in [4.78, 5) is 11.5. The van der Waals surface area contributed by atoms with E-state index in [9.17, 15) is 4.79 Å². The van der Waals surface area contributed by atoms with Gasteiger partial charge in [0.15, 0.2) is 0 Å². The van der Waals surface area contributed by atoms with Crippen LogP contribution in [0, 0.1) is 0 Å². The average Bonchev–Trinajstić information content (AvgIpc) is 2.38. The molecule has 0 fully saturated rings. The van der Waals surface area contributed by atoms with E-state index >= 15 is 0 Å². The molecule has 0 unspecified atom stereocenters. The second-order valence-corrected chi connectivity index (χ2v) is 4.19. The van der Waals surface area contributed by atoms with Crippen molar-refractivity contribution in [3.05, 3.63) is 29.8 Å². The number of methoxy groups -OCH3 is 1. The molecule has 0 bridgehead atoms. The standard InChI is InChI=1S/C14H22N2O2/c1-3-4-8-15-14(17)10-16-13-7-5-6-12(9-13)11-18-2/h5-7,9,16H,3-4,8,10-11H2,1-2H3,(H,15,17). The smallest absolute Gasteiger partial charge is 0.239 e. The molecule has 0 saturated carbocycles. The second kappa shape index (κ2) is 8.53. The molecule has 4 nitrogen and oxygen atoms in total. The topological polar surface area (TPSA) is 50.4 Å². The summed E-state index contributed by atoms with van der Waals surface area (Å²) in [6.07, 6.45) is 2.11. The van der Waals surface area contributed by atoms with Crippen LogP contribution in [0.3, 0.4) is 0 Å². The lowest BCUT2D eigenvalue weighted by atomic mass is 10.2. The van der Waals surface area contributed by atoms with E-state index in [2.05, 4.69) is 17.6 Å². The zero-order chi connectivity index (χ0) is 13.2. The van der Waals surface area contributed by atoms with Crippen molar-refractivity contribution in [1.29, 1.82) is 0 Å². The Kier molecular flexibility index (Phi) is 6.87. The number of hydrogen-bond donors (Lipinski definition) is 2. The first-order valence-electron chi connectivity index (χ1n) is 6.34. The molecule has 1 rings (SSSR count). The van der Waals surface area contributed by atoms with Crippen molar-refractivity contribution in [2.45, 2.75) is 26.4 Å². The lowest BCUT2D eigenvalue weighted by Crippen LogP contribution is -2.30. The molecule has 0 aromatic heterocycles. The number of amides is 1. The Hall–Kier alpha value is -1.55. The number of hydrogen-bond acceptors (Lipinski definition) is 3. The molecule has 2 N–H and O–H groups in total. The van der Waals surface area contributed by atoms with E-state index < -0.39 is 0 Å². The summed E-state index contributed by atoms with van der Waals surface area (Å²) in [6, 6.07) is 7.88. The summed E-state index contributed by atoms with van der Waals surface area (Å²) >= 11 is 0. The molecule has 1 aromatic carbocycles. The number of carbonyl (C=O) groups is 1. The molecule has 0 atom stereocenters. The third-order valence-corrected chi connectivity index (χ3v) is 2.54. The minimum atomic E-state index is 0.0283. The van der Waals surface area contributed by atoms with E-state index in [0.29, 0.717) is 13.2 Å². The molecule has 1 aromatic rings. The number of carbonyl (C=O) groups excluding carboxylic acids is 1. The maximum atomic E-state index is 11.5. The molecule has 0 saturated heterocycles. The minimum Gasteiger partial charge on any atom is -0.380 e. The lowest BCUT2D eigenvalue weighted by molar-refractivity contribution is -0.119. The molecule has 4 heteroatoms. The van der Waals surface area contributed by atoms with Crippen LogP contribution in [0.1, 0.15) is 25.3 Å². The third-order valence-electron chi connectivity index (χ3n) is 2.54. The number of ether oxygens (including phenoxy) is 1. The highest BCUT2D eigenvalue weighted by Gasteiger charge is 2.00. The quantitative estimate of drug-likeness (QED) is 0.695. The Morgan fingerprint density at radius 2 is 2.22 bits per heavy atom. The van der Waals surface area contributed by atoms with Crippen LogP contribution in [0.15, 0.2) is 24.3 Å². The highest BCUT2D eigenvalue weighted by Crippen LogP contribution is 2.10. The van der Waals surface area contributed by atoms with Crippen molar-refractivity contribution in [3.63, 3.8) is 0 Å². The fourth-order valence-electron chi connectivity index (χ4n) is 1.59. The second-order valence-electron chi connectivity index (χ2n) is 4.19. The Bertz CT molecular complexity index is 367. The Morgan fingerprint density at radius 3 is 2.94 bits per heavy atom. The molecular weight excluding hydrogens is 228 g/mol. The number of benzene rings is 1. The molecule has 0 aliphatic rings. The summed E-state index contributed by atoms with van der Waals surface area (Å²) in [7, 11) is 1.67. The van der Waals surface area contributed by atoms with Gasteiger partial charge in [-0.05, 0) is 24.1 Å². The van der Waals surface area contributed by atoms with Crippen LogP contribution >= 0.6 is 0 Å². The van der Waals surface area contributed by atoms with Crippen LogP contribution in [0.5, 0.6) is 0 Å². The number of nitrogens with one attached hydrogen (secondary N) is 2. The molecule has 18 heavy (non-hydrogen) atoms. The van der Waals surface area contributed by atoms with Gasteiger partial charge in [0, 0.05) is 19.3 Å². The van der Waals surface area contributed by atoms with Crippen molar-refractivity contribution >= 4 is 11.6 Å². The van der Waals surface area contributed by atoms with Crippen LogP contribution < -0.4 is 10.6 Å². The molecule has 1 amide bonds. The van der Waals surface area contributed by atoms with Gasteiger partial charge in [-0.2, -0.15) is 0 Å². The SMILES string of the molecule is CCCCNC(=O)CNc1cccc(COC)c1. The van der Waals surface area contributed by atoms with E-state index in [4.69, 9.17) is 4.74 Å². The first kappa shape index (κ1) is 14.5. The van der Waals surface area contributed by atoms with Crippen LogP contribution in [-0.4, -0.2) is 26.1 Å². The third kappa shape index (κ3) is 5.68. The molecule has 0 spiro atoms. The van der Waals surface area contributed by atoms with E-state index in [1.165, 1.54) is 0 Å². The zero-order valence-corrected chi connectivity index (χ0v) is 11.2. The number of anilines is 1. The van der Waals surface area contributed by atoms with Crippen molar-refractivity contribution in [1.82, 2.24) is 5.32 Å². The van der Waals surface area contributed by atoms with Gasteiger partial charge in [0.05, 0.1) is 13.2 Å². The predicted octanol–water partition coefficient (Wildman–Crippen LogP) is 2.16. The van der Waals surface area contributed by atoms with Gasteiger partial charge < -0.3 is 15.4 Å². The van der Waals surface area contributed by atoms with Gasteiger partial charge in [0.1, 0.15) is 0 Å². The molecule has 0 aliphatic heterocycles. The number of rotatable bonds is 8. The molecule has 0 heterocycles. The Balaban J connectivity index is 2.33. The van der Waals surface area contributed by atoms with E-state index in [0.717, 1.165) is 30.6 Å². The first-order chi connectivity index (χ1) is 8.76. The normalized spacial score (nSPS) is 10.1. The maximum Gasteiger partial charge on any atom is 0.239 e. The Morgan fingerprint density at radius 1 is 1.39 bits per heavy atom. The van der Waals surface area contributed by atoms with Crippen LogP contribution in [-0.2, 0) is 16.1 Å². The van der Waals surface area contributed by atoms with Crippen molar-refractivity contribution in [2.24, 2.45) is 0 Å². The minimum absolute atomic E-state index is 0.0283. The highest BCUT2D eigenvalue weighted by atomic mass is 16.5. The van der Waals surface area contributed by atoms with Gasteiger partial charge in [-0.25, -0.2) is 0 Å². The summed E-state index contributed by atoms with van der Waals surface area (Å²) in [5.41, 5.74) is 2.03. The summed E-state index contributed by atoms with van der Waals surface area (Å²) < 4.78 is 5.07.